The lowest BCUT2D eigenvalue weighted by atomic mass is 10.0. The van der Waals surface area contributed by atoms with Crippen LogP contribution in [-0.4, -0.2) is 25.7 Å². The average Bonchev–Trinajstić information content (AvgIpc) is 2.41. The molecule has 0 aromatic carbocycles. The maximum Gasteiger partial charge on any atom is 0.0238 e. The third kappa shape index (κ3) is 0.700. The normalized spacial score (nSPS) is 47.0. The van der Waals surface area contributed by atoms with Crippen LogP contribution >= 0.6 is 0 Å². The van der Waals surface area contributed by atoms with Gasteiger partial charge in [0.15, 0.2) is 0 Å². The fourth-order valence-electron chi connectivity index (χ4n) is 1.86. The molecule has 0 amide bonds. The van der Waals surface area contributed by atoms with Crippen molar-refractivity contribution in [3.8, 4) is 0 Å². The molecular weight excluding hydrogens is 112 g/mol. The minimum Gasteiger partial charge on any atom is -0.319 e. The molecular formula is C7H14N2. The maximum absolute atomic E-state index is 3.49. The summed E-state index contributed by atoms with van der Waals surface area (Å²) in [5, 5.41) is 6.70. The molecule has 1 heterocycles. The molecule has 52 valence electrons. The van der Waals surface area contributed by atoms with E-state index in [1.807, 2.05) is 7.05 Å². The van der Waals surface area contributed by atoms with E-state index in [2.05, 4.69) is 10.6 Å². The van der Waals surface area contributed by atoms with Crippen molar-refractivity contribution in [3.05, 3.63) is 0 Å². The van der Waals surface area contributed by atoms with Gasteiger partial charge in [-0.15, -0.1) is 0 Å². The van der Waals surface area contributed by atoms with Gasteiger partial charge in [0.25, 0.3) is 0 Å². The number of hydrogen-bond acceptors (Lipinski definition) is 2. The van der Waals surface area contributed by atoms with Crippen molar-refractivity contribution in [1.82, 2.24) is 10.6 Å². The van der Waals surface area contributed by atoms with Crippen molar-refractivity contribution in [3.63, 3.8) is 0 Å². The van der Waals surface area contributed by atoms with E-state index in [0.717, 1.165) is 5.92 Å². The second-order valence-corrected chi connectivity index (χ2v) is 3.29. The van der Waals surface area contributed by atoms with Crippen molar-refractivity contribution in [2.75, 3.05) is 20.1 Å². The molecule has 2 rings (SSSR count). The van der Waals surface area contributed by atoms with Gasteiger partial charge in [0.1, 0.15) is 0 Å². The number of rotatable bonds is 2. The van der Waals surface area contributed by atoms with Crippen LogP contribution in [0.2, 0.25) is 0 Å². The summed E-state index contributed by atoms with van der Waals surface area (Å²) in [6.45, 7) is 2.45. The fourth-order valence-corrected chi connectivity index (χ4v) is 1.86. The van der Waals surface area contributed by atoms with Crippen LogP contribution < -0.4 is 10.6 Å². The third-order valence-corrected chi connectivity index (χ3v) is 2.73. The molecule has 1 aliphatic heterocycles. The van der Waals surface area contributed by atoms with Gasteiger partial charge in [-0.2, -0.15) is 0 Å². The smallest absolute Gasteiger partial charge is 0.0238 e. The highest BCUT2D eigenvalue weighted by Crippen LogP contribution is 2.49. The van der Waals surface area contributed by atoms with Gasteiger partial charge in [-0.05, 0) is 38.9 Å². The van der Waals surface area contributed by atoms with Crippen molar-refractivity contribution in [1.29, 1.82) is 0 Å². The molecule has 0 bridgehead atoms. The molecule has 2 heteroatoms. The summed E-state index contributed by atoms with van der Waals surface area (Å²) >= 11 is 0. The predicted molar refractivity (Wildman–Crippen MR) is 37.4 cm³/mol. The monoisotopic (exact) mass is 126 g/mol. The molecule has 1 aliphatic carbocycles. The lowest BCUT2D eigenvalue weighted by molar-refractivity contribution is 0.318. The van der Waals surface area contributed by atoms with Crippen LogP contribution in [0.1, 0.15) is 12.8 Å². The van der Waals surface area contributed by atoms with E-state index in [1.54, 1.807) is 0 Å². The molecule has 9 heavy (non-hydrogen) atoms. The first-order valence-corrected chi connectivity index (χ1v) is 3.77. The SMILES string of the molecule is CNCC1C[C@@]12CCN2. The topological polar surface area (TPSA) is 24.1 Å². The quantitative estimate of drug-likeness (QED) is 0.542. The van der Waals surface area contributed by atoms with Crippen LogP contribution in [0.15, 0.2) is 0 Å². The van der Waals surface area contributed by atoms with E-state index < -0.39 is 0 Å². The molecule has 1 spiro atoms. The Morgan fingerprint density at radius 3 is 2.89 bits per heavy atom. The lowest BCUT2D eigenvalue weighted by Crippen LogP contribution is -2.48. The Morgan fingerprint density at radius 2 is 2.56 bits per heavy atom. The Kier molecular flexibility index (Phi) is 1.08. The number of hydrogen-bond donors (Lipinski definition) is 2. The van der Waals surface area contributed by atoms with Gasteiger partial charge < -0.3 is 10.6 Å². The van der Waals surface area contributed by atoms with Gasteiger partial charge in [-0.25, -0.2) is 0 Å². The fraction of sp³-hybridized carbons (Fsp3) is 1.00. The Bertz CT molecular complexity index is 116. The summed E-state index contributed by atoms with van der Waals surface area (Å²) in [7, 11) is 2.03. The molecule has 1 unspecified atom stereocenters. The Morgan fingerprint density at radius 1 is 1.78 bits per heavy atom. The van der Waals surface area contributed by atoms with E-state index in [-0.39, 0.29) is 0 Å². The molecule has 2 atom stereocenters. The zero-order valence-electron chi connectivity index (χ0n) is 5.91. The minimum absolute atomic E-state index is 0.628. The van der Waals surface area contributed by atoms with E-state index in [1.165, 1.54) is 25.9 Å². The molecule has 2 fully saturated rings. The van der Waals surface area contributed by atoms with Crippen LogP contribution in [0.4, 0.5) is 0 Å². The minimum atomic E-state index is 0.628. The van der Waals surface area contributed by atoms with E-state index in [0.29, 0.717) is 5.54 Å². The Hall–Kier alpha value is -0.0800. The molecule has 2 nitrogen and oxygen atoms in total. The van der Waals surface area contributed by atoms with E-state index in [9.17, 15) is 0 Å². The summed E-state index contributed by atoms with van der Waals surface area (Å²) in [6.07, 6.45) is 2.83. The molecule has 1 saturated carbocycles. The summed E-state index contributed by atoms with van der Waals surface area (Å²) in [6, 6.07) is 0. The first-order valence-electron chi connectivity index (χ1n) is 3.77. The highest BCUT2D eigenvalue weighted by Gasteiger charge is 2.56. The summed E-state index contributed by atoms with van der Waals surface area (Å²) in [5.74, 6) is 0.941. The van der Waals surface area contributed by atoms with Crippen LogP contribution in [0.5, 0.6) is 0 Å². The first kappa shape index (κ1) is 5.69. The van der Waals surface area contributed by atoms with Crippen molar-refractivity contribution >= 4 is 0 Å². The summed E-state index contributed by atoms with van der Waals surface area (Å²) in [5.41, 5.74) is 0.628. The molecule has 1 saturated heterocycles. The van der Waals surface area contributed by atoms with Crippen molar-refractivity contribution in [2.45, 2.75) is 18.4 Å². The van der Waals surface area contributed by atoms with Crippen molar-refractivity contribution in [2.24, 2.45) is 5.92 Å². The second kappa shape index (κ2) is 1.70. The van der Waals surface area contributed by atoms with E-state index >= 15 is 0 Å². The third-order valence-electron chi connectivity index (χ3n) is 2.73. The van der Waals surface area contributed by atoms with Gasteiger partial charge in [-0.1, -0.05) is 0 Å². The zero-order valence-corrected chi connectivity index (χ0v) is 5.91. The molecule has 2 N–H and O–H groups in total. The van der Waals surface area contributed by atoms with Gasteiger partial charge >= 0.3 is 0 Å². The molecule has 0 aromatic heterocycles. The van der Waals surface area contributed by atoms with Crippen molar-refractivity contribution < 1.29 is 0 Å². The van der Waals surface area contributed by atoms with Gasteiger partial charge in [-0.3, -0.25) is 0 Å². The average molecular weight is 126 g/mol. The van der Waals surface area contributed by atoms with Gasteiger partial charge in [0.2, 0.25) is 0 Å². The Balaban J connectivity index is 1.80. The molecule has 0 aromatic rings. The van der Waals surface area contributed by atoms with Gasteiger partial charge in [0, 0.05) is 5.54 Å². The Labute approximate surface area is 56.0 Å². The lowest BCUT2D eigenvalue weighted by Gasteiger charge is -2.29. The van der Waals surface area contributed by atoms with Crippen LogP contribution in [0.3, 0.4) is 0 Å². The maximum atomic E-state index is 3.49. The second-order valence-electron chi connectivity index (χ2n) is 3.29. The number of nitrogens with one attached hydrogen (secondary N) is 2. The van der Waals surface area contributed by atoms with Gasteiger partial charge in [0.05, 0.1) is 0 Å². The molecule has 0 radical (unpaired) electrons. The largest absolute Gasteiger partial charge is 0.319 e. The predicted octanol–water partition coefficient (Wildman–Crippen LogP) is -0.0422. The van der Waals surface area contributed by atoms with Crippen LogP contribution in [0, 0.1) is 5.92 Å². The molecule has 2 aliphatic rings. The van der Waals surface area contributed by atoms with Crippen LogP contribution in [-0.2, 0) is 0 Å². The highest BCUT2D eigenvalue weighted by molar-refractivity contribution is 5.16. The standard InChI is InChI=1S/C7H14N2/c1-8-5-6-4-7(6)2-3-9-7/h6,8-9H,2-5H2,1H3/t6?,7-/m0/s1. The van der Waals surface area contributed by atoms with E-state index in [4.69, 9.17) is 0 Å². The van der Waals surface area contributed by atoms with Crippen LogP contribution in [0.25, 0.3) is 0 Å². The first-order chi connectivity index (χ1) is 4.37. The zero-order chi connectivity index (χ0) is 6.32. The highest BCUT2D eigenvalue weighted by atomic mass is 15.1. The summed E-state index contributed by atoms with van der Waals surface area (Å²) < 4.78 is 0. The summed E-state index contributed by atoms with van der Waals surface area (Å²) in [4.78, 5) is 0.